The lowest BCUT2D eigenvalue weighted by Crippen LogP contribution is -2.44. The molecule has 3 aliphatic rings. The van der Waals surface area contributed by atoms with Gasteiger partial charge in [0.1, 0.15) is 6.61 Å². The average molecular weight is 460 g/mol. The zero-order valence-corrected chi connectivity index (χ0v) is 18.8. The molecule has 1 atom stereocenters. The molecule has 9 nitrogen and oxygen atoms in total. The summed E-state index contributed by atoms with van der Waals surface area (Å²) < 4.78 is 12.2. The smallest absolute Gasteiger partial charge is 0.343 e. The number of aliphatic hydroxyl groups is 1. The van der Waals surface area contributed by atoms with E-state index in [0.717, 1.165) is 35.2 Å². The Hall–Kier alpha value is -3.56. The lowest BCUT2D eigenvalue weighted by Gasteiger charge is -2.31. The molecule has 0 aliphatic carbocycles. The number of aromatic nitrogens is 2. The highest BCUT2D eigenvalue weighted by Gasteiger charge is 2.45. The van der Waals surface area contributed by atoms with Crippen LogP contribution in [0.5, 0.6) is 0 Å². The van der Waals surface area contributed by atoms with Crippen LogP contribution in [0.15, 0.2) is 40.1 Å². The summed E-state index contributed by atoms with van der Waals surface area (Å²) in [5, 5.41) is 11.9. The number of nitrogens with zero attached hydrogens (tertiary/aromatic N) is 4. The summed E-state index contributed by atoms with van der Waals surface area (Å²) in [6.45, 7) is 4.92. The minimum Gasteiger partial charge on any atom is -0.458 e. The van der Waals surface area contributed by atoms with E-state index in [1.54, 1.807) is 17.6 Å². The second-order valence-electron chi connectivity index (χ2n) is 8.84. The first-order valence-electron chi connectivity index (χ1n) is 11.5. The molecule has 1 fully saturated rings. The summed E-state index contributed by atoms with van der Waals surface area (Å²) in [7, 11) is 0. The fourth-order valence-corrected chi connectivity index (χ4v) is 4.94. The van der Waals surface area contributed by atoms with Crippen molar-refractivity contribution in [2.75, 3.05) is 26.3 Å². The van der Waals surface area contributed by atoms with Crippen molar-refractivity contribution in [2.45, 2.75) is 32.1 Å². The second kappa shape index (κ2) is 7.75. The Balaban J connectivity index is 1.46. The second-order valence-corrected chi connectivity index (χ2v) is 8.84. The molecule has 0 spiro atoms. The number of cyclic esters (lactones) is 1. The van der Waals surface area contributed by atoms with E-state index in [-0.39, 0.29) is 18.6 Å². The van der Waals surface area contributed by atoms with Crippen molar-refractivity contribution in [3.8, 4) is 11.4 Å². The van der Waals surface area contributed by atoms with Crippen molar-refractivity contribution in [3.63, 3.8) is 0 Å². The molecular weight excluding hydrogens is 436 g/mol. The molecule has 1 saturated heterocycles. The van der Waals surface area contributed by atoms with Crippen LogP contribution in [0.1, 0.15) is 30.0 Å². The van der Waals surface area contributed by atoms with Gasteiger partial charge in [0.25, 0.3) is 5.56 Å². The van der Waals surface area contributed by atoms with E-state index in [0.29, 0.717) is 42.3 Å². The quantitative estimate of drug-likeness (QED) is 0.283. The molecule has 5 heterocycles. The van der Waals surface area contributed by atoms with Crippen LogP contribution in [0.2, 0.25) is 0 Å². The van der Waals surface area contributed by atoms with Gasteiger partial charge in [0.2, 0.25) is 0 Å². The van der Waals surface area contributed by atoms with E-state index in [1.165, 1.54) is 0 Å². The van der Waals surface area contributed by atoms with Crippen LogP contribution in [-0.2, 0) is 33.0 Å². The minimum absolute atomic E-state index is 0.115. The number of carbonyl (C=O) groups excluding carboxylic acids is 1. The molecule has 0 saturated carbocycles. The van der Waals surface area contributed by atoms with Crippen LogP contribution in [0.25, 0.3) is 22.3 Å². The Bertz CT molecular complexity index is 1420. The molecule has 0 radical (unpaired) electrons. The van der Waals surface area contributed by atoms with Gasteiger partial charge in [-0.05, 0) is 30.7 Å². The lowest BCUT2D eigenvalue weighted by atomic mass is 9.86. The highest BCUT2D eigenvalue weighted by Crippen LogP contribution is 2.39. The highest BCUT2D eigenvalue weighted by atomic mass is 16.6. The number of pyridine rings is 2. The zero-order chi connectivity index (χ0) is 23.4. The summed E-state index contributed by atoms with van der Waals surface area (Å²) in [5.41, 5.74) is 2.29. The van der Waals surface area contributed by atoms with Gasteiger partial charge in [-0.25, -0.2) is 14.8 Å². The van der Waals surface area contributed by atoms with Crippen LogP contribution < -0.4 is 5.56 Å². The first kappa shape index (κ1) is 21.0. The zero-order valence-electron chi connectivity index (χ0n) is 18.8. The van der Waals surface area contributed by atoms with Gasteiger partial charge in [0.15, 0.2) is 5.60 Å². The number of rotatable bonds is 3. The van der Waals surface area contributed by atoms with Crippen LogP contribution in [-0.4, -0.2) is 58.2 Å². The topological polar surface area (TPSA) is 106 Å². The third-order valence-electron chi connectivity index (χ3n) is 6.93. The predicted molar refractivity (Wildman–Crippen MR) is 125 cm³/mol. The van der Waals surface area contributed by atoms with E-state index in [4.69, 9.17) is 19.5 Å². The number of aliphatic imine (C=N–C) groups is 1. The molecule has 174 valence electrons. The fourth-order valence-electron chi connectivity index (χ4n) is 4.94. The number of hydrogen-bond acceptors (Lipinski definition) is 7. The standard InChI is InChI=1S/C25H24N4O5/c1-2-25(32)18-11-21-22-15(12-29(21)23(30)17(18)13-34-24(25)31)10-16-19(4-3-5-20(16)27-22)26-14-28-6-8-33-9-7-28/h3-5,10-11,14,32H,2,6-9,12-13H2,1H3/t25-/m0/s1. The molecule has 1 aromatic carbocycles. The van der Waals surface area contributed by atoms with Gasteiger partial charge in [-0.1, -0.05) is 13.0 Å². The molecule has 6 rings (SSSR count). The SMILES string of the molecule is CC[C@@]1(O)C(=O)OCc2c1cc1n(c2=O)Cc2cc3c(N=CN4CCOCC4)cccc3nc2-1. The van der Waals surface area contributed by atoms with Crippen LogP contribution in [0.3, 0.4) is 0 Å². The number of esters is 1. The Morgan fingerprint density at radius 3 is 2.85 bits per heavy atom. The molecule has 34 heavy (non-hydrogen) atoms. The van der Waals surface area contributed by atoms with Gasteiger partial charge in [0, 0.05) is 29.6 Å². The van der Waals surface area contributed by atoms with Crippen molar-refractivity contribution in [3.05, 3.63) is 57.4 Å². The summed E-state index contributed by atoms with van der Waals surface area (Å²) in [6, 6.07) is 9.54. The predicted octanol–water partition coefficient (Wildman–Crippen LogP) is 2.07. The first-order chi connectivity index (χ1) is 16.5. The van der Waals surface area contributed by atoms with Crippen molar-refractivity contribution < 1.29 is 19.4 Å². The van der Waals surface area contributed by atoms with E-state index < -0.39 is 11.6 Å². The normalized spacial score (nSPS) is 21.5. The summed E-state index contributed by atoms with van der Waals surface area (Å²) in [6.07, 6.45) is 1.96. The monoisotopic (exact) mass is 460 g/mol. The van der Waals surface area contributed by atoms with E-state index >= 15 is 0 Å². The van der Waals surface area contributed by atoms with Crippen molar-refractivity contribution in [1.29, 1.82) is 0 Å². The van der Waals surface area contributed by atoms with Gasteiger partial charge in [-0.15, -0.1) is 0 Å². The number of morpholine rings is 1. The summed E-state index contributed by atoms with van der Waals surface area (Å²) in [5.74, 6) is -0.723. The molecule has 0 unspecified atom stereocenters. The van der Waals surface area contributed by atoms with Gasteiger partial charge < -0.3 is 24.0 Å². The maximum absolute atomic E-state index is 13.3. The molecular formula is C25H24N4O5. The Morgan fingerprint density at radius 2 is 2.06 bits per heavy atom. The van der Waals surface area contributed by atoms with Gasteiger partial charge in [0.05, 0.1) is 54.3 Å². The highest BCUT2D eigenvalue weighted by molar-refractivity contribution is 5.94. The third kappa shape index (κ3) is 3.08. The maximum atomic E-state index is 13.3. The van der Waals surface area contributed by atoms with E-state index in [1.807, 2.05) is 30.6 Å². The molecule has 0 amide bonds. The van der Waals surface area contributed by atoms with E-state index in [9.17, 15) is 14.7 Å². The maximum Gasteiger partial charge on any atom is 0.343 e. The molecule has 3 aliphatic heterocycles. The van der Waals surface area contributed by atoms with Crippen molar-refractivity contribution >= 4 is 28.9 Å². The van der Waals surface area contributed by atoms with Crippen molar-refractivity contribution in [2.24, 2.45) is 4.99 Å². The van der Waals surface area contributed by atoms with E-state index in [2.05, 4.69) is 4.90 Å². The Labute approximate surface area is 195 Å². The van der Waals surface area contributed by atoms with Crippen LogP contribution >= 0.6 is 0 Å². The Kier molecular flexibility index (Phi) is 4.79. The summed E-state index contributed by atoms with van der Waals surface area (Å²) in [4.78, 5) is 37.3. The number of carbonyl (C=O) groups is 1. The number of benzene rings is 1. The van der Waals surface area contributed by atoms with Gasteiger partial charge in [-0.2, -0.15) is 0 Å². The summed E-state index contributed by atoms with van der Waals surface area (Å²) >= 11 is 0. The van der Waals surface area contributed by atoms with Gasteiger partial charge in [-0.3, -0.25) is 4.79 Å². The Morgan fingerprint density at radius 1 is 1.24 bits per heavy atom. The largest absolute Gasteiger partial charge is 0.458 e. The number of hydrogen-bond donors (Lipinski definition) is 1. The van der Waals surface area contributed by atoms with Crippen LogP contribution in [0, 0.1) is 0 Å². The number of ether oxygens (including phenoxy) is 2. The molecule has 2 aromatic heterocycles. The molecule has 9 heteroatoms. The molecule has 0 bridgehead atoms. The van der Waals surface area contributed by atoms with Crippen molar-refractivity contribution in [1.82, 2.24) is 14.5 Å². The number of fused-ring (bicyclic) bond motifs is 5. The molecule has 1 N–H and O–H groups in total. The van der Waals surface area contributed by atoms with Gasteiger partial charge >= 0.3 is 5.97 Å². The lowest BCUT2D eigenvalue weighted by molar-refractivity contribution is -0.172. The average Bonchev–Trinajstić information content (AvgIpc) is 3.22. The minimum atomic E-state index is -1.83. The molecule has 3 aromatic rings. The fraction of sp³-hybridized carbons (Fsp3) is 0.360. The third-order valence-corrected chi connectivity index (χ3v) is 6.93. The first-order valence-corrected chi connectivity index (χ1v) is 11.5. The van der Waals surface area contributed by atoms with Crippen LogP contribution in [0.4, 0.5) is 5.69 Å².